The van der Waals surface area contributed by atoms with E-state index in [-0.39, 0.29) is 0 Å². The van der Waals surface area contributed by atoms with Crippen molar-refractivity contribution in [1.82, 2.24) is 15.4 Å². The summed E-state index contributed by atoms with van der Waals surface area (Å²) in [6.45, 7) is 0.675. The smallest absolute Gasteiger partial charge is 0.0499 e. The van der Waals surface area contributed by atoms with Gasteiger partial charge < -0.3 is 10.3 Å². The molecule has 4 heteroatoms. The zero-order valence-corrected chi connectivity index (χ0v) is 9.98. The van der Waals surface area contributed by atoms with Gasteiger partial charge >= 0.3 is 0 Å². The van der Waals surface area contributed by atoms with Gasteiger partial charge in [-0.2, -0.15) is 0 Å². The largest absolute Gasteiger partial charge is 0.350 e. The maximum absolute atomic E-state index is 5.68. The molecule has 3 rings (SSSR count). The summed E-state index contributed by atoms with van der Waals surface area (Å²) in [6, 6.07) is 9.24. The Morgan fingerprint density at radius 2 is 2.18 bits per heavy atom. The lowest BCUT2D eigenvalue weighted by Gasteiger charge is -2.07. The van der Waals surface area contributed by atoms with Gasteiger partial charge in [-0.15, -0.1) is 0 Å². The van der Waals surface area contributed by atoms with Gasteiger partial charge in [-0.25, -0.2) is 5.43 Å². The molecule has 0 saturated carbocycles. The molecule has 1 aliphatic rings. The van der Waals surface area contributed by atoms with Crippen molar-refractivity contribution in [3.8, 4) is 0 Å². The average Bonchev–Trinajstić information content (AvgIpc) is 2.95. The molecule has 90 valence electrons. The van der Waals surface area contributed by atoms with E-state index in [2.05, 4.69) is 52.9 Å². The third kappa shape index (κ3) is 1.74. The summed E-state index contributed by atoms with van der Waals surface area (Å²) in [4.78, 5) is 0. The highest BCUT2D eigenvalue weighted by Crippen LogP contribution is 2.29. The number of hydrazine groups is 1. The molecule has 0 amide bonds. The van der Waals surface area contributed by atoms with Crippen molar-refractivity contribution in [3.05, 3.63) is 36.0 Å². The number of aryl methyl sites for hydroxylation is 1. The fraction of sp³-hybridized carbons (Fsp3) is 0.385. The van der Waals surface area contributed by atoms with Gasteiger partial charge in [0, 0.05) is 42.8 Å². The zero-order valence-electron chi connectivity index (χ0n) is 9.98. The highest BCUT2D eigenvalue weighted by molar-refractivity contribution is 5.84. The monoisotopic (exact) mass is 230 g/mol. The highest BCUT2D eigenvalue weighted by Gasteiger charge is 2.26. The third-order valence-electron chi connectivity index (χ3n) is 3.57. The number of nitrogens with two attached hydrogens (primary N) is 1. The Hall–Kier alpha value is -1.36. The molecule has 1 aliphatic heterocycles. The number of rotatable bonds is 2. The van der Waals surface area contributed by atoms with Crippen LogP contribution in [0.15, 0.2) is 30.5 Å². The van der Waals surface area contributed by atoms with Gasteiger partial charge in [0.25, 0.3) is 0 Å². The molecule has 1 saturated heterocycles. The Bertz CT molecular complexity index is 531. The second-order valence-electron chi connectivity index (χ2n) is 4.72. The van der Waals surface area contributed by atoms with E-state index in [0.717, 1.165) is 6.42 Å². The first-order chi connectivity index (χ1) is 8.29. The Kier molecular flexibility index (Phi) is 2.63. The highest BCUT2D eigenvalue weighted by atomic mass is 15.4. The fourth-order valence-corrected chi connectivity index (χ4v) is 2.63. The van der Waals surface area contributed by atoms with Crippen molar-refractivity contribution in [3.63, 3.8) is 0 Å². The Morgan fingerprint density at radius 1 is 1.35 bits per heavy atom. The van der Waals surface area contributed by atoms with Crippen LogP contribution in [0.2, 0.25) is 0 Å². The summed E-state index contributed by atoms with van der Waals surface area (Å²) in [5.74, 6) is 0. The van der Waals surface area contributed by atoms with Crippen molar-refractivity contribution in [2.75, 3.05) is 6.54 Å². The topological polar surface area (TPSA) is 55.0 Å². The molecule has 1 aromatic carbocycles. The van der Waals surface area contributed by atoms with Gasteiger partial charge in [-0.05, 0) is 18.1 Å². The van der Waals surface area contributed by atoms with E-state index in [1.54, 1.807) is 0 Å². The molecular formula is C13H18N4. The molecule has 2 heterocycles. The Balaban J connectivity index is 2.01. The molecule has 1 aromatic heterocycles. The van der Waals surface area contributed by atoms with Crippen LogP contribution in [0.5, 0.6) is 0 Å². The van der Waals surface area contributed by atoms with Crippen LogP contribution in [0.1, 0.15) is 18.0 Å². The average molecular weight is 230 g/mol. The number of fused-ring (bicyclic) bond motifs is 1. The first-order valence-electron chi connectivity index (χ1n) is 6.04. The van der Waals surface area contributed by atoms with Crippen LogP contribution in [0.3, 0.4) is 0 Å². The Labute approximate surface area is 101 Å². The van der Waals surface area contributed by atoms with Gasteiger partial charge in [0.2, 0.25) is 0 Å². The number of hydrogen-bond donors (Lipinski definition) is 3. The molecule has 0 radical (unpaired) electrons. The minimum absolute atomic E-state index is 0.356. The maximum Gasteiger partial charge on any atom is 0.0499 e. The molecule has 2 atom stereocenters. The van der Waals surface area contributed by atoms with Crippen LogP contribution >= 0.6 is 0 Å². The minimum atomic E-state index is 0.356. The number of aromatic nitrogens is 1. The number of nitrogens with one attached hydrogen (secondary N) is 2. The van der Waals surface area contributed by atoms with Crippen molar-refractivity contribution in [2.45, 2.75) is 18.5 Å². The van der Waals surface area contributed by atoms with E-state index in [0.29, 0.717) is 18.6 Å². The fourth-order valence-electron chi connectivity index (χ4n) is 2.63. The van der Waals surface area contributed by atoms with Gasteiger partial charge in [0.1, 0.15) is 0 Å². The molecule has 2 unspecified atom stereocenters. The SMILES string of the molecule is Cn1cc(C2CC(CN)NN2)c2ccccc21. The van der Waals surface area contributed by atoms with E-state index in [1.807, 2.05) is 0 Å². The first-order valence-corrected chi connectivity index (χ1v) is 6.04. The van der Waals surface area contributed by atoms with E-state index in [1.165, 1.54) is 16.5 Å². The lowest BCUT2D eigenvalue weighted by Crippen LogP contribution is -2.35. The van der Waals surface area contributed by atoms with Crippen molar-refractivity contribution < 1.29 is 0 Å². The van der Waals surface area contributed by atoms with Crippen LogP contribution in [-0.2, 0) is 7.05 Å². The van der Waals surface area contributed by atoms with Crippen molar-refractivity contribution >= 4 is 10.9 Å². The number of para-hydroxylation sites is 1. The molecule has 0 aliphatic carbocycles. The second kappa shape index (κ2) is 4.14. The lowest BCUT2D eigenvalue weighted by atomic mass is 10.0. The van der Waals surface area contributed by atoms with Crippen LogP contribution < -0.4 is 16.6 Å². The molecule has 0 spiro atoms. The second-order valence-corrected chi connectivity index (χ2v) is 4.72. The summed E-state index contributed by atoms with van der Waals surface area (Å²) in [5, 5.41) is 1.33. The van der Waals surface area contributed by atoms with E-state index >= 15 is 0 Å². The molecule has 2 aromatic rings. The van der Waals surface area contributed by atoms with Crippen LogP contribution in [-0.4, -0.2) is 17.2 Å². The van der Waals surface area contributed by atoms with Crippen molar-refractivity contribution in [1.29, 1.82) is 0 Å². The normalized spacial score (nSPS) is 24.6. The van der Waals surface area contributed by atoms with Crippen LogP contribution in [0.4, 0.5) is 0 Å². The van der Waals surface area contributed by atoms with Crippen LogP contribution in [0.25, 0.3) is 10.9 Å². The lowest BCUT2D eigenvalue weighted by molar-refractivity contribution is 0.547. The third-order valence-corrected chi connectivity index (χ3v) is 3.57. The zero-order chi connectivity index (χ0) is 11.8. The minimum Gasteiger partial charge on any atom is -0.350 e. The standard InChI is InChI=1S/C13H18N4/c1-17-8-11(10-4-2-3-5-13(10)17)12-6-9(7-14)15-16-12/h2-5,8-9,12,15-16H,6-7,14H2,1H3. The summed E-state index contributed by atoms with van der Waals surface area (Å²) < 4.78 is 2.18. The first kappa shape index (κ1) is 10.8. The summed E-state index contributed by atoms with van der Waals surface area (Å²) in [5.41, 5.74) is 14.9. The van der Waals surface area contributed by atoms with Gasteiger partial charge in [-0.1, -0.05) is 18.2 Å². The van der Waals surface area contributed by atoms with Gasteiger partial charge in [-0.3, -0.25) is 5.43 Å². The van der Waals surface area contributed by atoms with Crippen LogP contribution in [0, 0.1) is 0 Å². The molecule has 4 N–H and O–H groups in total. The molecule has 0 bridgehead atoms. The predicted octanol–water partition coefficient (Wildman–Crippen LogP) is 1.04. The number of hydrogen-bond acceptors (Lipinski definition) is 3. The molecule has 4 nitrogen and oxygen atoms in total. The molecular weight excluding hydrogens is 212 g/mol. The molecule has 17 heavy (non-hydrogen) atoms. The maximum atomic E-state index is 5.68. The van der Waals surface area contributed by atoms with E-state index in [9.17, 15) is 0 Å². The number of benzene rings is 1. The Morgan fingerprint density at radius 3 is 2.94 bits per heavy atom. The number of nitrogens with zero attached hydrogens (tertiary/aromatic N) is 1. The summed E-state index contributed by atoms with van der Waals surface area (Å²) >= 11 is 0. The predicted molar refractivity (Wildman–Crippen MR) is 69.4 cm³/mol. The van der Waals surface area contributed by atoms with Crippen molar-refractivity contribution in [2.24, 2.45) is 12.8 Å². The van der Waals surface area contributed by atoms with Gasteiger partial charge in [0.15, 0.2) is 0 Å². The van der Waals surface area contributed by atoms with E-state index in [4.69, 9.17) is 5.73 Å². The van der Waals surface area contributed by atoms with E-state index < -0.39 is 0 Å². The summed E-state index contributed by atoms with van der Waals surface area (Å²) in [7, 11) is 2.09. The summed E-state index contributed by atoms with van der Waals surface area (Å²) in [6.07, 6.45) is 3.26. The molecule has 1 fully saturated rings. The quantitative estimate of drug-likeness (QED) is 0.722. The van der Waals surface area contributed by atoms with Gasteiger partial charge in [0.05, 0.1) is 0 Å².